The van der Waals surface area contributed by atoms with E-state index in [1.807, 2.05) is 0 Å². The molecule has 0 aliphatic heterocycles. The quantitative estimate of drug-likeness (QED) is 0.434. The van der Waals surface area contributed by atoms with Gasteiger partial charge < -0.3 is 0 Å². The second kappa shape index (κ2) is 10.1. The summed E-state index contributed by atoms with van der Waals surface area (Å²) in [6, 6.07) is 9.05. The van der Waals surface area contributed by atoms with Crippen LogP contribution in [-0.2, 0) is 6.42 Å². The summed E-state index contributed by atoms with van der Waals surface area (Å²) in [4.78, 5) is 0. The minimum Gasteiger partial charge on any atom is -0.0628 e. The lowest BCUT2D eigenvalue weighted by atomic mass is 9.84. The van der Waals surface area contributed by atoms with E-state index in [0.717, 1.165) is 23.7 Å². The molecule has 0 saturated carbocycles. The Morgan fingerprint density at radius 1 is 0.682 bits per heavy atom. The number of rotatable bonds is 10. The van der Waals surface area contributed by atoms with E-state index < -0.39 is 0 Å². The van der Waals surface area contributed by atoms with Crippen LogP contribution in [0, 0.1) is 30.6 Å². The molecule has 0 amide bonds. The molecule has 0 heteroatoms. The van der Waals surface area contributed by atoms with Crippen LogP contribution < -0.4 is 0 Å². The average Bonchev–Trinajstić information content (AvgIpc) is 2.49. The summed E-state index contributed by atoms with van der Waals surface area (Å²) < 4.78 is 0. The van der Waals surface area contributed by atoms with Crippen LogP contribution in [0.4, 0.5) is 0 Å². The Bertz CT molecular complexity index is 387. The number of hydrogen-bond donors (Lipinski definition) is 0. The third-order valence-electron chi connectivity index (χ3n) is 5.33. The van der Waals surface area contributed by atoms with Crippen LogP contribution in [0.5, 0.6) is 0 Å². The fraction of sp³-hybridized carbons (Fsp3) is 0.727. The maximum Gasteiger partial charge on any atom is -0.0276 e. The standard InChI is InChI=1S/C22H38/c1-17(2)7-12-20(5)21(6)13-8-18(3)9-14-22-15-10-19(4)11-16-22/h10-11,15-18,20-21H,7-9,12-14H2,1-6H3. The van der Waals surface area contributed by atoms with Crippen molar-refractivity contribution in [2.24, 2.45) is 23.7 Å². The predicted octanol–water partition coefficient (Wildman–Crippen LogP) is 7.05. The van der Waals surface area contributed by atoms with Crippen LogP contribution in [0.25, 0.3) is 0 Å². The van der Waals surface area contributed by atoms with Crippen molar-refractivity contribution in [1.82, 2.24) is 0 Å². The van der Waals surface area contributed by atoms with Gasteiger partial charge in [0, 0.05) is 0 Å². The number of aryl methyl sites for hydroxylation is 2. The number of benzene rings is 1. The highest BCUT2D eigenvalue weighted by Crippen LogP contribution is 2.26. The van der Waals surface area contributed by atoms with Crippen molar-refractivity contribution in [3.63, 3.8) is 0 Å². The van der Waals surface area contributed by atoms with Gasteiger partial charge in [0.25, 0.3) is 0 Å². The molecule has 0 fully saturated rings. The van der Waals surface area contributed by atoms with E-state index in [0.29, 0.717) is 0 Å². The Labute approximate surface area is 139 Å². The second-order valence-electron chi connectivity index (χ2n) is 8.13. The van der Waals surface area contributed by atoms with E-state index >= 15 is 0 Å². The summed E-state index contributed by atoms with van der Waals surface area (Å²) in [5.74, 6) is 3.46. The molecular formula is C22H38. The van der Waals surface area contributed by atoms with Crippen molar-refractivity contribution in [2.75, 3.05) is 0 Å². The van der Waals surface area contributed by atoms with Crippen LogP contribution >= 0.6 is 0 Å². The van der Waals surface area contributed by atoms with Crippen molar-refractivity contribution in [3.8, 4) is 0 Å². The molecule has 126 valence electrons. The zero-order chi connectivity index (χ0) is 16.5. The zero-order valence-corrected chi connectivity index (χ0v) is 15.9. The lowest BCUT2D eigenvalue weighted by Crippen LogP contribution is -2.11. The minimum absolute atomic E-state index is 0.848. The summed E-state index contributed by atoms with van der Waals surface area (Å²) in [7, 11) is 0. The monoisotopic (exact) mass is 302 g/mol. The van der Waals surface area contributed by atoms with Crippen molar-refractivity contribution in [3.05, 3.63) is 35.4 Å². The molecule has 0 radical (unpaired) electrons. The molecule has 0 saturated heterocycles. The minimum atomic E-state index is 0.848. The van der Waals surface area contributed by atoms with Crippen molar-refractivity contribution >= 4 is 0 Å². The summed E-state index contributed by atoms with van der Waals surface area (Å²) >= 11 is 0. The first-order valence-corrected chi connectivity index (χ1v) is 9.44. The Balaban J connectivity index is 2.21. The molecule has 3 atom stereocenters. The second-order valence-corrected chi connectivity index (χ2v) is 8.13. The van der Waals surface area contributed by atoms with Crippen molar-refractivity contribution in [1.29, 1.82) is 0 Å². The van der Waals surface area contributed by atoms with Gasteiger partial charge in [-0.25, -0.2) is 0 Å². The van der Waals surface area contributed by atoms with Gasteiger partial charge in [0.05, 0.1) is 0 Å². The molecule has 1 aromatic rings. The topological polar surface area (TPSA) is 0 Å². The maximum atomic E-state index is 2.46. The molecule has 0 aliphatic rings. The zero-order valence-electron chi connectivity index (χ0n) is 15.9. The molecule has 0 bridgehead atoms. The van der Waals surface area contributed by atoms with Gasteiger partial charge in [0.15, 0.2) is 0 Å². The Kier molecular flexibility index (Phi) is 8.83. The van der Waals surface area contributed by atoms with Crippen LogP contribution in [0.3, 0.4) is 0 Å². The Hall–Kier alpha value is -0.780. The molecule has 0 heterocycles. The van der Waals surface area contributed by atoms with Crippen molar-refractivity contribution < 1.29 is 0 Å². The van der Waals surface area contributed by atoms with E-state index in [9.17, 15) is 0 Å². The van der Waals surface area contributed by atoms with Crippen LogP contribution in [0.15, 0.2) is 24.3 Å². The van der Waals surface area contributed by atoms with Crippen LogP contribution in [-0.4, -0.2) is 0 Å². The molecule has 1 aromatic carbocycles. The van der Waals surface area contributed by atoms with Gasteiger partial charge in [-0.05, 0) is 49.0 Å². The molecule has 0 aliphatic carbocycles. The summed E-state index contributed by atoms with van der Waals surface area (Å²) in [5.41, 5.74) is 2.86. The average molecular weight is 303 g/mol. The maximum absolute atomic E-state index is 2.46. The van der Waals surface area contributed by atoms with Crippen molar-refractivity contribution in [2.45, 2.75) is 80.1 Å². The first kappa shape index (κ1) is 19.3. The molecule has 0 aromatic heterocycles. The highest BCUT2D eigenvalue weighted by molar-refractivity contribution is 5.21. The molecule has 0 nitrogen and oxygen atoms in total. The van der Waals surface area contributed by atoms with Gasteiger partial charge in [-0.2, -0.15) is 0 Å². The summed E-state index contributed by atoms with van der Waals surface area (Å²) in [6.07, 6.45) is 8.13. The van der Waals surface area contributed by atoms with Crippen LogP contribution in [0.2, 0.25) is 0 Å². The SMILES string of the molecule is Cc1ccc(CCC(C)CCC(C)C(C)CCC(C)C)cc1. The molecule has 0 N–H and O–H groups in total. The van der Waals surface area contributed by atoms with Gasteiger partial charge in [-0.15, -0.1) is 0 Å². The van der Waals surface area contributed by atoms with E-state index in [2.05, 4.69) is 65.8 Å². The smallest absolute Gasteiger partial charge is 0.0276 e. The lowest BCUT2D eigenvalue weighted by Gasteiger charge is -2.22. The number of hydrogen-bond acceptors (Lipinski definition) is 0. The molecular weight excluding hydrogens is 264 g/mol. The van der Waals surface area contributed by atoms with Crippen LogP contribution in [0.1, 0.15) is 77.8 Å². The van der Waals surface area contributed by atoms with Gasteiger partial charge in [-0.3, -0.25) is 0 Å². The summed E-state index contributed by atoms with van der Waals surface area (Å²) in [6.45, 7) is 14.2. The predicted molar refractivity (Wildman–Crippen MR) is 100 cm³/mol. The molecule has 22 heavy (non-hydrogen) atoms. The molecule has 0 spiro atoms. The van der Waals surface area contributed by atoms with Gasteiger partial charge in [0.1, 0.15) is 0 Å². The largest absolute Gasteiger partial charge is 0.0628 e. The van der Waals surface area contributed by atoms with E-state index in [-0.39, 0.29) is 0 Å². The third kappa shape index (κ3) is 8.01. The van der Waals surface area contributed by atoms with E-state index in [4.69, 9.17) is 0 Å². The Morgan fingerprint density at radius 2 is 1.23 bits per heavy atom. The highest BCUT2D eigenvalue weighted by atomic mass is 14.2. The normalized spacial score (nSPS) is 15.8. The summed E-state index contributed by atoms with van der Waals surface area (Å²) in [5, 5.41) is 0. The van der Waals surface area contributed by atoms with Gasteiger partial charge in [0.2, 0.25) is 0 Å². The third-order valence-corrected chi connectivity index (χ3v) is 5.33. The first-order chi connectivity index (χ1) is 10.4. The fourth-order valence-corrected chi connectivity index (χ4v) is 3.02. The first-order valence-electron chi connectivity index (χ1n) is 9.44. The lowest BCUT2D eigenvalue weighted by molar-refractivity contribution is 0.296. The molecule has 3 unspecified atom stereocenters. The van der Waals surface area contributed by atoms with Gasteiger partial charge >= 0.3 is 0 Å². The Morgan fingerprint density at radius 3 is 1.77 bits per heavy atom. The highest BCUT2D eigenvalue weighted by Gasteiger charge is 2.14. The van der Waals surface area contributed by atoms with E-state index in [1.54, 1.807) is 0 Å². The van der Waals surface area contributed by atoms with E-state index in [1.165, 1.54) is 49.7 Å². The fourth-order valence-electron chi connectivity index (χ4n) is 3.02. The van der Waals surface area contributed by atoms with Gasteiger partial charge in [-0.1, -0.05) is 90.1 Å². The molecule has 1 rings (SSSR count).